The molecule has 2 heterocycles. The normalized spacial score (nSPS) is 19.2. The van der Waals surface area contributed by atoms with Gasteiger partial charge in [-0.2, -0.15) is 0 Å². The molecule has 0 spiro atoms. The van der Waals surface area contributed by atoms with Crippen molar-refractivity contribution in [3.8, 4) is 0 Å². The number of aromatic nitrogens is 2. The van der Waals surface area contributed by atoms with Gasteiger partial charge in [-0.3, -0.25) is 19.5 Å². The Kier molecular flexibility index (Phi) is 4.83. The first-order valence-corrected chi connectivity index (χ1v) is 9.35. The summed E-state index contributed by atoms with van der Waals surface area (Å²) in [7, 11) is 0. The van der Waals surface area contributed by atoms with Gasteiger partial charge in [0.1, 0.15) is 0 Å². The number of carbonyl (C=O) groups excluding carboxylic acids is 1. The molecule has 1 aliphatic rings. The largest absolute Gasteiger partial charge is 0.340 e. The van der Waals surface area contributed by atoms with Crippen molar-refractivity contribution in [3.05, 3.63) is 80.9 Å². The number of carbonyl (C=O) groups is 1. The van der Waals surface area contributed by atoms with Crippen molar-refractivity contribution in [2.24, 2.45) is 5.73 Å². The first kappa shape index (κ1) is 18.2. The summed E-state index contributed by atoms with van der Waals surface area (Å²) in [5.41, 5.74) is 6.74. The number of H-pyrrole nitrogens is 1. The summed E-state index contributed by atoms with van der Waals surface area (Å²) in [5.74, 6) is 0.0307. The Labute approximate surface area is 161 Å². The average Bonchev–Trinajstić information content (AvgIpc) is 3.12. The van der Waals surface area contributed by atoms with Crippen molar-refractivity contribution in [1.82, 2.24) is 14.7 Å². The van der Waals surface area contributed by atoms with E-state index in [1.54, 1.807) is 29.2 Å². The monoisotopic (exact) mass is 378 g/mol. The molecule has 144 valence electrons. The van der Waals surface area contributed by atoms with E-state index < -0.39 is 0 Å². The molecule has 7 heteroatoms. The third-order valence-corrected chi connectivity index (χ3v) is 5.38. The number of likely N-dealkylation sites (tertiary alicyclic amines) is 1. The van der Waals surface area contributed by atoms with E-state index in [0.29, 0.717) is 23.9 Å². The molecule has 0 saturated carbocycles. The SMILES string of the molecule is N[C@@H]1CN(C(=O)CCn2[nH]c(=O)c3ccccc3c2=O)C[C@H]1c1ccccc1. The minimum atomic E-state index is -0.338. The van der Waals surface area contributed by atoms with Gasteiger partial charge >= 0.3 is 0 Å². The predicted molar refractivity (Wildman–Crippen MR) is 107 cm³/mol. The summed E-state index contributed by atoms with van der Waals surface area (Å²) in [6.07, 6.45) is 0.127. The van der Waals surface area contributed by atoms with Crippen molar-refractivity contribution < 1.29 is 4.79 Å². The smallest absolute Gasteiger partial charge is 0.273 e. The van der Waals surface area contributed by atoms with Crippen LogP contribution in [0.1, 0.15) is 17.9 Å². The molecule has 3 aromatic rings. The number of nitrogens with one attached hydrogen (secondary N) is 1. The Morgan fingerprint density at radius 3 is 2.43 bits per heavy atom. The molecule has 0 aliphatic carbocycles. The van der Waals surface area contributed by atoms with Crippen LogP contribution in [-0.2, 0) is 11.3 Å². The number of rotatable bonds is 4. The molecule has 1 amide bonds. The number of hydrogen-bond acceptors (Lipinski definition) is 4. The van der Waals surface area contributed by atoms with E-state index in [9.17, 15) is 14.4 Å². The summed E-state index contributed by atoms with van der Waals surface area (Å²) in [5, 5.41) is 3.27. The second-order valence-electron chi connectivity index (χ2n) is 7.17. The molecule has 1 saturated heterocycles. The van der Waals surface area contributed by atoms with Gasteiger partial charge in [0.25, 0.3) is 11.1 Å². The van der Waals surface area contributed by atoms with Crippen molar-refractivity contribution in [2.75, 3.05) is 13.1 Å². The molecule has 2 atom stereocenters. The number of benzene rings is 2. The Morgan fingerprint density at radius 1 is 1.00 bits per heavy atom. The lowest BCUT2D eigenvalue weighted by Gasteiger charge is -2.17. The van der Waals surface area contributed by atoms with Crippen LogP contribution >= 0.6 is 0 Å². The second kappa shape index (κ2) is 7.44. The van der Waals surface area contributed by atoms with Crippen LogP contribution in [0.3, 0.4) is 0 Å². The summed E-state index contributed by atoms with van der Waals surface area (Å²) >= 11 is 0. The molecule has 1 aromatic heterocycles. The molecule has 2 aromatic carbocycles. The van der Waals surface area contributed by atoms with Crippen LogP contribution in [0.15, 0.2) is 64.2 Å². The molecule has 3 N–H and O–H groups in total. The van der Waals surface area contributed by atoms with Gasteiger partial charge in [-0.05, 0) is 17.7 Å². The van der Waals surface area contributed by atoms with Gasteiger partial charge in [-0.1, -0.05) is 42.5 Å². The number of fused-ring (bicyclic) bond motifs is 1. The quantitative estimate of drug-likeness (QED) is 0.708. The molecule has 1 fully saturated rings. The topological polar surface area (TPSA) is 101 Å². The minimum Gasteiger partial charge on any atom is -0.340 e. The molecule has 0 bridgehead atoms. The Hall–Kier alpha value is -3.19. The summed E-state index contributed by atoms with van der Waals surface area (Å²) < 4.78 is 1.22. The van der Waals surface area contributed by atoms with Crippen LogP contribution in [-0.4, -0.2) is 39.7 Å². The lowest BCUT2D eigenvalue weighted by atomic mass is 9.95. The number of nitrogens with zero attached hydrogens (tertiary/aromatic N) is 2. The number of aryl methyl sites for hydroxylation is 1. The van der Waals surface area contributed by atoms with E-state index in [4.69, 9.17) is 5.73 Å². The highest BCUT2D eigenvalue weighted by atomic mass is 16.2. The minimum absolute atomic E-state index is 0.0743. The molecular formula is C21H22N4O3. The van der Waals surface area contributed by atoms with Gasteiger partial charge in [0.2, 0.25) is 5.91 Å². The fourth-order valence-corrected chi connectivity index (χ4v) is 3.86. The van der Waals surface area contributed by atoms with Gasteiger partial charge in [-0.15, -0.1) is 0 Å². The summed E-state index contributed by atoms with van der Waals surface area (Å²) in [4.78, 5) is 39.1. The first-order valence-electron chi connectivity index (χ1n) is 9.35. The lowest BCUT2D eigenvalue weighted by Crippen LogP contribution is -2.35. The average molecular weight is 378 g/mol. The highest BCUT2D eigenvalue weighted by molar-refractivity contribution is 5.80. The maximum absolute atomic E-state index is 12.7. The highest BCUT2D eigenvalue weighted by Crippen LogP contribution is 2.26. The zero-order valence-electron chi connectivity index (χ0n) is 15.4. The van der Waals surface area contributed by atoms with Crippen LogP contribution in [0.5, 0.6) is 0 Å². The van der Waals surface area contributed by atoms with Crippen LogP contribution in [0, 0.1) is 0 Å². The number of nitrogens with two attached hydrogens (primary N) is 1. The molecule has 0 unspecified atom stereocenters. The van der Waals surface area contributed by atoms with E-state index in [1.807, 2.05) is 30.3 Å². The number of aromatic amines is 1. The zero-order valence-corrected chi connectivity index (χ0v) is 15.4. The van der Waals surface area contributed by atoms with Crippen LogP contribution in [0.4, 0.5) is 0 Å². The first-order chi connectivity index (χ1) is 13.5. The highest BCUT2D eigenvalue weighted by Gasteiger charge is 2.33. The van der Waals surface area contributed by atoms with Crippen molar-refractivity contribution in [1.29, 1.82) is 0 Å². The summed E-state index contributed by atoms with van der Waals surface area (Å²) in [6, 6.07) is 16.5. The summed E-state index contributed by atoms with van der Waals surface area (Å²) in [6.45, 7) is 1.17. The van der Waals surface area contributed by atoms with Gasteiger partial charge in [0.15, 0.2) is 0 Å². The number of amides is 1. The second-order valence-corrected chi connectivity index (χ2v) is 7.17. The number of hydrogen-bond donors (Lipinski definition) is 2. The molecule has 4 rings (SSSR count). The Bertz CT molecular complexity index is 1120. The van der Waals surface area contributed by atoms with Crippen LogP contribution < -0.4 is 16.9 Å². The van der Waals surface area contributed by atoms with Crippen LogP contribution in [0.25, 0.3) is 10.8 Å². The van der Waals surface area contributed by atoms with Gasteiger partial charge in [-0.25, -0.2) is 4.68 Å². The van der Waals surface area contributed by atoms with E-state index in [1.165, 1.54) is 4.68 Å². The molecular weight excluding hydrogens is 356 g/mol. The van der Waals surface area contributed by atoms with Crippen LogP contribution in [0.2, 0.25) is 0 Å². The van der Waals surface area contributed by atoms with Gasteiger partial charge < -0.3 is 10.6 Å². The van der Waals surface area contributed by atoms with Gasteiger partial charge in [0.05, 0.1) is 17.3 Å². The molecule has 0 radical (unpaired) electrons. The van der Waals surface area contributed by atoms with E-state index in [0.717, 1.165) is 5.56 Å². The van der Waals surface area contributed by atoms with E-state index in [2.05, 4.69) is 5.10 Å². The fourth-order valence-electron chi connectivity index (χ4n) is 3.86. The predicted octanol–water partition coefficient (Wildman–Crippen LogP) is 1.03. The third-order valence-electron chi connectivity index (χ3n) is 5.38. The lowest BCUT2D eigenvalue weighted by molar-refractivity contribution is -0.130. The van der Waals surface area contributed by atoms with Gasteiger partial charge in [0, 0.05) is 31.5 Å². The van der Waals surface area contributed by atoms with Crippen molar-refractivity contribution in [3.63, 3.8) is 0 Å². The van der Waals surface area contributed by atoms with Crippen molar-refractivity contribution in [2.45, 2.75) is 24.9 Å². The molecule has 28 heavy (non-hydrogen) atoms. The zero-order chi connectivity index (χ0) is 19.7. The molecule has 7 nitrogen and oxygen atoms in total. The Balaban J connectivity index is 1.47. The fraction of sp³-hybridized carbons (Fsp3) is 0.286. The Morgan fingerprint density at radius 2 is 1.68 bits per heavy atom. The third kappa shape index (κ3) is 3.36. The van der Waals surface area contributed by atoms with E-state index >= 15 is 0 Å². The standard InChI is InChI=1S/C21H22N4O3/c22-18-13-24(12-17(18)14-6-2-1-3-7-14)19(26)10-11-25-21(28)16-9-5-4-8-15(16)20(27)23-25/h1-9,17-18H,10-13,22H2,(H,23,27)/t17-,18+/m0/s1. The van der Waals surface area contributed by atoms with E-state index in [-0.39, 0.29) is 42.0 Å². The van der Waals surface area contributed by atoms with Crippen molar-refractivity contribution >= 4 is 16.7 Å². The maximum Gasteiger partial charge on any atom is 0.273 e. The maximum atomic E-state index is 12.7. The molecule has 1 aliphatic heterocycles.